The molecule has 0 spiro atoms. The molecule has 1 saturated carbocycles. The first kappa shape index (κ1) is 13.0. The second-order valence-corrected chi connectivity index (χ2v) is 5.72. The molecule has 0 aromatic carbocycles. The Hall–Kier alpha value is -0.0400. The summed E-state index contributed by atoms with van der Waals surface area (Å²) in [6.45, 7) is 10.6. The molecule has 1 nitrogen and oxygen atoms in total. The van der Waals surface area contributed by atoms with Crippen molar-refractivity contribution in [3.63, 3.8) is 0 Å². The van der Waals surface area contributed by atoms with Crippen LogP contribution in [-0.4, -0.2) is 12.6 Å². The number of hydrogen-bond acceptors (Lipinski definition) is 1. The SMILES string of the molecule is CCC(C)C(C)NCC1CCCC(C)C1. The zero-order chi connectivity index (χ0) is 11.3. The molecule has 0 aromatic heterocycles. The van der Waals surface area contributed by atoms with E-state index < -0.39 is 0 Å². The van der Waals surface area contributed by atoms with Crippen molar-refractivity contribution in [1.29, 1.82) is 0 Å². The van der Waals surface area contributed by atoms with E-state index in [1.807, 2.05) is 0 Å². The Labute approximate surface area is 96.0 Å². The molecule has 1 heteroatoms. The third kappa shape index (κ3) is 4.55. The molecule has 0 bridgehead atoms. The fourth-order valence-corrected chi connectivity index (χ4v) is 2.65. The second kappa shape index (κ2) is 6.52. The van der Waals surface area contributed by atoms with Crippen molar-refractivity contribution in [2.75, 3.05) is 6.54 Å². The highest BCUT2D eigenvalue weighted by Crippen LogP contribution is 2.28. The summed E-state index contributed by atoms with van der Waals surface area (Å²) >= 11 is 0. The van der Waals surface area contributed by atoms with E-state index in [-0.39, 0.29) is 0 Å². The van der Waals surface area contributed by atoms with Gasteiger partial charge in [0.15, 0.2) is 0 Å². The van der Waals surface area contributed by atoms with Gasteiger partial charge in [-0.3, -0.25) is 0 Å². The minimum Gasteiger partial charge on any atom is -0.314 e. The van der Waals surface area contributed by atoms with Crippen LogP contribution >= 0.6 is 0 Å². The fraction of sp³-hybridized carbons (Fsp3) is 1.00. The maximum Gasteiger partial charge on any atom is 0.00643 e. The van der Waals surface area contributed by atoms with Crippen LogP contribution in [0.3, 0.4) is 0 Å². The van der Waals surface area contributed by atoms with Crippen molar-refractivity contribution < 1.29 is 0 Å². The van der Waals surface area contributed by atoms with Crippen molar-refractivity contribution in [2.24, 2.45) is 17.8 Å². The van der Waals surface area contributed by atoms with Gasteiger partial charge in [0.25, 0.3) is 0 Å². The van der Waals surface area contributed by atoms with E-state index in [9.17, 15) is 0 Å². The van der Waals surface area contributed by atoms with Crippen LogP contribution in [0.1, 0.15) is 59.8 Å². The van der Waals surface area contributed by atoms with E-state index in [1.54, 1.807) is 0 Å². The summed E-state index contributed by atoms with van der Waals surface area (Å²) in [5, 5.41) is 3.72. The first-order chi connectivity index (χ1) is 7.13. The molecule has 90 valence electrons. The Kier molecular flexibility index (Phi) is 5.66. The van der Waals surface area contributed by atoms with Crippen LogP contribution in [0.4, 0.5) is 0 Å². The fourth-order valence-electron chi connectivity index (χ4n) is 2.65. The summed E-state index contributed by atoms with van der Waals surface area (Å²) in [5.41, 5.74) is 0. The maximum atomic E-state index is 3.72. The van der Waals surface area contributed by atoms with Gasteiger partial charge < -0.3 is 5.32 Å². The van der Waals surface area contributed by atoms with Crippen LogP contribution in [0, 0.1) is 17.8 Å². The molecule has 1 fully saturated rings. The molecule has 0 radical (unpaired) electrons. The normalized spacial score (nSPS) is 31.2. The largest absolute Gasteiger partial charge is 0.314 e. The third-order valence-corrected chi connectivity index (χ3v) is 4.27. The first-order valence-electron chi connectivity index (χ1n) is 6.86. The number of nitrogens with one attached hydrogen (secondary N) is 1. The van der Waals surface area contributed by atoms with Crippen molar-refractivity contribution in [3.8, 4) is 0 Å². The monoisotopic (exact) mass is 211 g/mol. The Balaban J connectivity index is 2.18. The first-order valence-corrected chi connectivity index (χ1v) is 6.86. The molecule has 4 unspecified atom stereocenters. The lowest BCUT2D eigenvalue weighted by molar-refractivity contribution is 0.257. The zero-order valence-electron chi connectivity index (χ0n) is 11.1. The third-order valence-electron chi connectivity index (χ3n) is 4.27. The summed E-state index contributed by atoms with van der Waals surface area (Å²) in [6, 6.07) is 0.687. The molecule has 1 aliphatic rings. The summed E-state index contributed by atoms with van der Waals surface area (Å²) in [7, 11) is 0. The van der Waals surface area contributed by atoms with E-state index in [4.69, 9.17) is 0 Å². The van der Waals surface area contributed by atoms with E-state index in [0.717, 1.165) is 17.8 Å². The smallest absolute Gasteiger partial charge is 0.00643 e. The Morgan fingerprint density at radius 1 is 1.27 bits per heavy atom. The molecule has 0 amide bonds. The van der Waals surface area contributed by atoms with Crippen LogP contribution in [0.25, 0.3) is 0 Å². The summed E-state index contributed by atoms with van der Waals surface area (Å²) in [6.07, 6.45) is 7.09. The van der Waals surface area contributed by atoms with E-state index in [1.165, 1.54) is 38.6 Å². The summed E-state index contributed by atoms with van der Waals surface area (Å²) < 4.78 is 0. The van der Waals surface area contributed by atoms with E-state index >= 15 is 0 Å². The molecule has 4 atom stereocenters. The van der Waals surface area contributed by atoms with Crippen LogP contribution in [0.15, 0.2) is 0 Å². The lowest BCUT2D eigenvalue weighted by Crippen LogP contribution is -2.36. The van der Waals surface area contributed by atoms with Gasteiger partial charge in [0.1, 0.15) is 0 Å². The van der Waals surface area contributed by atoms with Gasteiger partial charge in [-0.1, -0.05) is 40.0 Å². The standard InChI is InChI=1S/C14H29N/c1-5-12(3)13(4)15-10-14-8-6-7-11(2)9-14/h11-15H,5-10H2,1-4H3. The highest BCUT2D eigenvalue weighted by molar-refractivity contribution is 4.75. The number of hydrogen-bond donors (Lipinski definition) is 1. The predicted molar refractivity (Wildman–Crippen MR) is 68.0 cm³/mol. The molecule has 0 aliphatic heterocycles. The summed E-state index contributed by atoms with van der Waals surface area (Å²) in [4.78, 5) is 0. The highest BCUT2D eigenvalue weighted by Gasteiger charge is 2.19. The van der Waals surface area contributed by atoms with Gasteiger partial charge in [0.05, 0.1) is 0 Å². The summed E-state index contributed by atoms with van der Waals surface area (Å²) in [5.74, 6) is 2.72. The molecular formula is C14H29N. The second-order valence-electron chi connectivity index (χ2n) is 5.72. The molecule has 15 heavy (non-hydrogen) atoms. The van der Waals surface area contributed by atoms with Gasteiger partial charge in [-0.05, 0) is 44.1 Å². The van der Waals surface area contributed by atoms with Gasteiger partial charge in [-0.25, -0.2) is 0 Å². The van der Waals surface area contributed by atoms with Crippen molar-refractivity contribution >= 4 is 0 Å². The predicted octanol–water partition coefficient (Wildman–Crippen LogP) is 3.84. The zero-order valence-corrected chi connectivity index (χ0v) is 11.1. The van der Waals surface area contributed by atoms with Gasteiger partial charge in [0, 0.05) is 6.04 Å². The molecule has 0 saturated heterocycles. The highest BCUT2D eigenvalue weighted by atomic mass is 14.9. The lowest BCUT2D eigenvalue weighted by atomic mass is 9.82. The average Bonchev–Trinajstić information content (AvgIpc) is 2.25. The molecule has 0 aromatic rings. The van der Waals surface area contributed by atoms with Crippen LogP contribution in [0.5, 0.6) is 0 Å². The quantitative estimate of drug-likeness (QED) is 0.728. The maximum absolute atomic E-state index is 3.72. The Morgan fingerprint density at radius 3 is 2.60 bits per heavy atom. The van der Waals surface area contributed by atoms with Crippen molar-refractivity contribution in [2.45, 2.75) is 65.8 Å². The van der Waals surface area contributed by atoms with Crippen molar-refractivity contribution in [1.82, 2.24) is 5.32 Å². The Morgan fingerprint density at radius 2 is 2.00 bits per heavy atom. The minimum absolute atomic E-state index is 0.687. The van der Waals surface area contributed by atoms with Crippen molar-refractivity contribution in [3.05, 3.63) is 0 Å². The Bertz CT molecular complexity index is 167. The average molecular weight is 211 g/mol. The van der Waals surface area contributed by atoms with Crippen LogP contribution in [0.2, 0.25) is 0 Å². The van der Waals surface area contributed by atoms with Crippen LogP contribution in [-0.2, 0) is 0 Å². The van der Waals surface area contributed by atoms with Crippen LogP contribution < -0.4 is 5.32 Å². The van der Waals surface area contributed by atoms with Gasteiger partial charge in [0.2, 0.25) is 0 Å². The van der Waals surface area contributed by atoms with Gasteiger partial charge in [-0.15, -0.1) is 0 Å². The molecule has 1 N–H and O–H groups in total. The van der Waals surface area contributed by atoms with Gasteiger partial charge >= 0.3 is 0 Å². The lowest BCUT2D eigenvalue weighted by Gasteiger charge is -2.29. The molecular weight excluding hydrogens is 182 g/mol. The van der Waals surface area contributed by atoms with Gasteiger partial charge in [-0.2, -0.15) is 0 Å². The molecule has 1 rings (SSSR count). The topological polar surface area (TPSA) is 12.0 Å². The number of rotatable bonds is 5. The van der Waals surface area contributed by atoms with E-state index in [2.05, 4.69) is 33.0 Å². The van der Waals surface area contributed by atoms with E-state index in [0.29, 0.717) is 6.04 Å². The molecule has 0 heterocycles. The molecule has 1 aliphatic carbocycles. The minimum atomic E-state index is 0.687.